The number of hydrogen-bond donors (Lipinski definition) is 3. The first-order valence-electron chi connectivity index (χ1n) is 25.0. The van der Waals surface area contributed by atoms with Crippen molar-refractivity contribution < 1.29 is 19.1 Å². The molecular formula is C57H68N10O4Si. The Bertz CT molecular complexity index is 3290. The Kier molecular flexibility index (Phi) is 13.6. The third-order valence-electron chi connectivity index (χ3n) is 14.4. The molecule has 15 heteroatoms. The number of pyridine rings is 4. The topological polar surface area (TPSA) is 181 Å². The van der Waals surface area contributed by atoms with Gasteiger partial charge in [-0.25, -0.2) is 24.1 Å². The van der Waals surface area contributed by atoms with Crippen LogP contribution in [0.5, 0.6) is 0 Å². The molecule has 4 N–H and O–H groups in total. The summed E-state index contributed by atoms with van der Waals surface area (Å²) in [5, 5.41) is 23.9. The van der Waals surface area contributed by atoms with Gasteiger partial charge in [0.2, 0.25) is 0 Å². The van der Waals surface area contributed by atoms with E-state index < -0.39 is 25.6 Å². The molecule has 0 radical (unpaired) electrons. The number of carbonyl (C=O) groups excluding carboxylic acids is 1. The number of aliphatic hydroxyl groups is 1. The smallest absolute Gasteiger partial charge is 0.408 e. The zero-order chi connectivity index (χ0) is 51.2. The predicted molar refractivity (Wildman–Crippen MR) is 286 cm³/mol. The highest BCUT2D eigenvalue weighted by Gasteiger charge is 2.38. The standard InChI is InChI=1S/C34H45N5O3Si.C23H23N5O/c1-32(2,3)42-31(40)38-34(7)19-11-12-23-17-18-27(37-30(23)34)24-15-16-25-21-35-39(28(25)20-24)29-14-10-13-26(36-29)22-41-43(8,9)33(4,5)6;1-23(24)11-3-4-15-9-10-19(27-22(15)23)16-7-8-17-13-25-28(20(17)12-16)21-6-2-5-18(14-29)26-21/h10,13-18,20-21H,11-12,19,22H2,1-9H3,(H,38,40);2,5-10,12-13,29H,3-4,11,14,24H2,1H3. The molecule has 0 saturated heterocycles. The molecule has 1 amide bonds. The summed E-state index contributed by atoms with van der Waals surface area (Å²) in [7, 11) is -1.90. The van der Waals surface area contributed by atoms with Crippen molar-refractivity contribution in [3.05, 3.63) is 143 Å². The number of hydrogen-bond acceptors (Lipinski definition) is 11. The molecule has 0 spiro atoms. The van der Waals surface area contributed by atoms with Gasteiger partial charge in [0.1, 0.15) is 5.60 Å². The van der Waals surface area contributed by atoms with Gasteiger partial charge in [-0.1, -0.05) is 69.3 Å². The number of alkyl carbamates (subject to hydrolysis) is 1. The quantitative estimate of drug-likeness (QED) is 0.117. The number of aliphatic hydroxyl groups excluding tert-OH is 1. The van der Waals surface area contributed by atoms with Crippen molar-refractivity contribution in [3.8, 4) is 34.2 Å². The van der Waals surface area contributed by atoms with Crippen molar-refractivity contribution in [2.45, 2.75) is 142 Å². The molecule has 0 saturated carbocycles. The fraction of sp³-hybridized carbons (Fsp3) is 0.386. The van der Waals surface area contributed by atoms with Crippen molar-refractivity contribution in [1.82, 2.24) is 44.8 Å². The second-order valence-corrected chi connectivity index (χ2v) is 27.1. The molecule has 2 unspecified atom stereocenters. The predicted octanol–water partition coefficient (Wildman–Crippen LogP) is 11.6. The number of carbonyl (C=O) groups is 1. The number of fused-ring (bicyclic) bond motifs is 4. The Morgan fingerprint density at radius 2 is 1.24 bits per heavy atom. The molecule has 72 heavy (non-hydrogen) atoms. The Morgan fingerprint density at radius 1 is 0.708 bits per heavy atom. The molecule has 2 aliphatic rings. The van der Waals surface area contributed by atoms with Gasteiger partial charge in [0.15, 0.2) is 20.0 Å². The maximum Gasteiger partial charge on any atom is 0.408 e. The molecule has 6 heterocycles. The number of nitrogens with two attached hydrogens (primary N) is 1. The van der Waals surface area contributed by atoms with Crippen LogP contribution < -0.4 is 11.1 Å². The van der Waals surface area contributed by atoms with Crippen LogP contribution >= 0.6 is 0 Å². The van der Waals surface area contributed by atoms with Crippen LogP contribution in [0.4, 0.5) is 4.79 Å². The van der Waals surface area contributed by atoms with Gasteiger partial charge in [-0.15, -0.1) is 0 Å². The number of aryl methyl sites for hydroxylation is 2. The summed E-state index contributed by atoms with van der Waals surface area (Å²) in [6.45, 7) is 21.3. The highest BCUT2D eigenvalue weighted by Crippen LogP contribution is 2.39. The first-order valence-corrected chi connectivity index (χ1v) is 28.0. The van der Waals surface area contributed by atoms with Gasteiger partial charge >= 0.3 is 6.09 Å². The fourth-order valence-corrected chi connectivity index (χ4v) is 10.3. The van der Waals surface area contributed by atoms with Gasteiger partial charge in [-0.2, -0.15) is 10.2 Å². The van der Waals surface area contributed by atoms with E-state index in [1.165, 1.54) is 5.56 Å². The van der Waals surface area contributed by atoms with Crippen molar-refractivity contribution in [2.75, 3.05) is 0 Å². The SMILES string of the molecule is CC(C)(C)OC(=O)NC1(C)CCCc2ccc(-c3ccc4cnn(-c5cccc(CO[Si](C)(C)C(C)(C)C)n5)c4c3)nc21.CC1(N)CCCc2ccc(-c3ccc4cnn(-c5cccc(CO)n5)c4c3)nc21. The fourth-order valence-electron chi connectivity index (χ4n) is 9.37. The number of nitrogens with zero attached hydrogens (tertiary/aromatic N) is 8. The van der Waals surface area contributed by atoms with E-state index in [4.69, 9.17) is 29.8 Å². The Morgan fingerprint density at radius 3 is 1.79 bits per heavy atom. The zero-order valence-corrected chi connectivity index (χ0v) is 44.4. The average Bonchev–Trinajstić information content (AvgIpc) is 3.97. The maximum absolute atomic E-state index is 12.8. The van der Waals surface area contributed by atoms with Crippen molar-refractivity contribution in [3.63, 3.8) is 0 Å². The molecule has 374 valence electrons. The second-order valence-electron chi connectivity index (χ2n) is 22.3. The number of nitrogens with one attached hydrogen (secondary N) is 1. The van der Waals surface area contributed by atoms with Gasteiger partial charge in [-0.05, 0) is 151 Å². The first kappa shape index (κ1) is 50.3. The maximum atomic E-state index is 12.8. The van der Waals surface area contributed by atoms with Crippen LogP contribution in [0.2, 0.25) is 18.1 Å². The molecule has 2 atom stereocenters. The van der Waals surface area contributed by atoms with Crippen LogP contribution in [-0.4, -0.2) is 64.6 Å². The molecule has 2 aliphatic carbocycles. The minimum absolute atomic E-state index is 0.102. The van der Waals surface area contributed by atoms with Crippen LogP contribution in [0, 0.1) is 0 Å². The van der Waals surface area contributed by atoms with Crippen molar-refractivity contribution in [1.29, 1.82) is 0 Å². The first-order chi connectivity index (χ1) is 34.1. The molecule has 6 aromatic heterocycles. The van der Waals surface area contributed by atoms with Crippen LogP contribution in [-0.2, 0) is 46.3 Å². The van der Waals surface area contributed by atoms with E-state index in [1.807, 2.05) is 81.2 Å². The lowest BCUT2D eigenvalue weighted by molar-refractivity contribution is 0.0447. The summed E-state index contributed by atoms with van der Waals surface area (Å²) in [5.74, 6) is 1.42. The lowest BCUT2D eigenvalue weighted by atomic mass is 9.81. The minimum Gasteiger partial charge on any atom is -0.444 e. The van der Waals surface area contributed by atoms with Gasteiger partial charge < -0.3 is 25.3 Å². The summed E-state index contributed by atoms with van der Waals surface area (Å²) < 4.78 is 15.7. The molecule has 0 fully saturated rings. The van der Waals surface area contributed by atoms with E-state index in [1.54, 1.807) is 10.7 Å². The van der Waals surface area contributed by atoms with E-state index in [9.17, 15) is 9.90 Å². The van der Waals surface area contributed by atoms with E-state index in [2.05, 4.69) is 116 Å². The monoisotopic (exact) mass is 985 g/mol. The minimum atomic E-state index is -1.90. The van der Waals surface area contributed by atoms with Gasteiger partial charge in [0, 0.05) is 21.9 Å². The third-order valence-corrected chi connectivity index (χ3v) is 18.8. The van der Waals surface area contributed by atoms with E-state index in [-0.39, 0.29) is 17.2 Å². The van der Waals surface area contributed by atoms with Crippen LogP contribution in [0.25, 0.3) is 56.0 Å². The van der Waals surface area contributed by atoms with Crippen molar-refractivity contribution in [2.24, 2.45) is 5.73 Å². The number of ether oxygens (including phenoxy) is 1. The highest BCUT2D eigenvalue weighted by molar-refractivity contribution is 6.74. The number of amides is 1. The van der Waals surface area contributed by atoms with Crippen LogP contribution in [0.1, 0.15) is 115 Å². The largest absolute Gasteiger partial charge is 0.444 e. The van der Waals surface area contributed by atoms with E-state index >= 15 is 0 Å². The average molecular weight is 985 g/mol. The van der Waals surface area contributed by atoms with Gasteiger partial charge in [0.05, 0.1) is 81.9 Å². The van der Waals surface area contributed by atoms with Gasteiger partial charge in [-0.3, -0.25) is 9.97 Å². The van der Waals surface area contributed by atoms with Crippen LogP contribution in [0.15, 0.2) is 109 Å². The molecule has 2 aromatic carbocycles. The Balaban J connectivity index is 0.000000191. The van der Waals surface area contributed by atoms with E-state index in [0.29, 0.717) is 18.1 Å². The number of aromatic nitrogens is 8. The molecule has 10 rings (SSSR count). The molecule has 14 nitrogen and oxygen atoms in total. The summed E-state index contributed by atoms with van der Waals surface area (Å²) in [6, 6.07) is 32.4. The third kappa shape index (κ3) is 10.6. The van der Waals surface area contributed by atoms with Gasteiger partial charge in [0.25, 0.3) is 0 Å². The number of rotatable bonds is 9. The molecule has 0 bridgehead atoms. The summed E-state index contributed by atoms with van der Waals surface area (Å²) in [6.07, 6.45) is 9.05. The second kappa shape index (κ2) is 19.4. The lowest BCUT2D eigenvalue weighted by Gasteiger charge is -2.36. The van der Waals surface area contributed by atoms with Crippen LogP contribution in [0.3, 0.4) is 0 Å². The summed E-state index contributed by atoms with van der Waals surface area (Å²) in [4.78, 5) is 32.2. The van der Waals surface area contributed by atoms with E-state index in [0.717, 1.165) is 111 Å². The molecule has 0 aliphatic heterocycles. The lowest BCUT2D eigenvalue weighted by Crippen LogP contribution is -2.48. The number of benzene rings is 2. The normalized spacial score (nSPS) is 18.0. The highest BCUT2D eigenvalue weighted by atomic mass is 28.4. The summed E-state index contributed by atoms with van der Waals surface area (Å²) >= 11 is 0. The summed E-state index contributed by atoms with van der Waals surface area (Å²) in [5.41, 5.74) is 16.4. The Labute approximate surface area is 423 Å². The zero-order valence-electron chi connectivity index (χ0n) is 43.4. The Hall–Kier alpha value is -6.65. The van der Waals surface area contributed by atoms with Crippen molar-refractivity contribution >= 4 is 36.2 Å². The molecule has 8 aromatic rings. The molecular weight excluding hydrogens is 917 g/mol.